The zero-order valence-corrected chi connectivity index (χ0v) is 12.0. The van der Waals surface area contributed by atoms with Crippen LogP contribution in [0.5, 0.6) is 0 Å². The second-order valence-corrected chi connectivity index (χ2v) is 4.90. The van der Waals surface area contributed by atoms with Crippen molar-refractivity contribution < 1.29 is 35.9 Å². The highest BCUT2D eigenvalue weighted by atomic mass is 127. The molecule has 0 aliphatic rings. The maximum absolute atomic E-state index is 12.8. The van der Waals surface area contributed by atoms with Crippen LogP contribution in [0.15, 0.2) is 12.1 Å². The minimum absolute atomic E-state index is 0.335. The number of hydrogen-bond donors (Lipinski definition) is 0. The summed E-state index contributed by atoms with van der Waals surface area (Å²) in [6.45, 7) is 0. The Labute approximate surface area is 123 Å². The fourth-order valence-electron chi connectivity index (χ4n) is 1.47. The first-order chi connectivity index (χ1) is 8.96. The molecule has 1 aromatic rings. The number of ether oxygens (including phenoxy) is 1. The smallest absolute Gasteiger partial charge is 0.417 e. The van der Waals surface area contributed by atoms with Gasteiger partial charge in [-0.15, -0.1) is 0 Å². The summed E-state index contributed by atoms with van der Waals surface area (Å²) < 4.78 is 79.9. The number of carbonyl (C=O) groups excluding carboxylic acids is 1. The molecule has 0 fully saturated rings. The molecule has 0 spiro atoms. The predicted molar refractivity (Wildman–Crippen MR) is 64.9 cm³/mol. The third-order valence-electron chi connectivity index (χ3n) is 2.37. The fourth-order valence-corrected chi connectivity index (χ4v) is 2.25. The molecule has 1 rings (SSSR count). The lowest BCUT2D eigenvalue weighted by Crippen LogP contribution is -2.17. The molecule has 0 saturated carbocycles. The molecule has 0 amide bonds. The summed E-state index contributed by atoms with van der Waals surface area (Å²) in [5, 5.41) is 0. The van der Waals surface area contributed by atoms with Gasteiger partial charge in [-0.3, -0.25) is 4.79 Å². The summed E-state index contributed by atoms with van der Waals surface area (Å²) in [6.07, 6.45) is -10.5. The van der Waals surface area contributed by atoms with E-state index in [1.165, 1.54) is 22.6 Å². The predicted octanol–water partition coefficient (Wildman–Crippen LogP) is 4.04. The molecule has 0 saturated heterocycles. The van der Waals surface area contributed by atoms with E-state index in [-0.39, 0.29) is 0 Å². The van der Waals surface area contributed by atoms with Gasteiger partial charge in [0.15, 0.2) is 0 Å². The van der Waals surface area contributed by atoms with Crippen LogP contribution in [0.2, 0.25) is 0 Å². The molecule has 9 heteroatoms. The molecular weight excluding hydrogens is 405 g/mol. The van der Waals surface area contributed by atoms with Gasteiger partial charge in [0.1, 0.15) is 0 Å². The van der Waals surface area contributed by atoms with Gasteiger partial charge in [-0.25, -0.2) is 0 Å². The molecular formula is C11H7F6IO2. The Morgan fingerprint density at radius 2 is 1.60 bits per heavy atom. The Hall–Kier alpha value is -1.00. The molecule has 1 aromatic carbocycles. The first-order valence-corrected chi connectivity index (χ1v) is 6.08. The van der Waals surface area contributed by atoms with E-state index in [0.29, 0.717) is 12.1 Å². The molecule has 0 aliphatic heterocycles. The summed E-state index contributed by atoms with van der Waals surface area (Å²) >= 11 is 1.17. The van der Waals surface area contributed by atoms with Gasteiger partial charge < -0.3 is 4.74 Å². The number of alkyl halides is 6. The van der Waals surface area contributed by atoms with Crippen LogP contribution in [0, 0.1) is 3.57 Å². The average Bonchev–Trinajstić information content (AvgIpc) is 2.27. The lowest BCUT2D eigenvalue weighted by atomic mass is 10.0. The minimum atomic E-state index is -4.85. The van der Waals surface area contributed by atoms with Gasteiger partial charge in [0.2, 0.25) is 0 Å². The maximum Gasteiger partial charge on any atom is 0.417 e. The van der Waals surface area contributed by atoms with Crippen LogP contribution in [0.1, 0.15) is 16.7 Å². The van der Waals surface area contributed by atoms with Crippen LogP contribution in [-0.2, 0) is 28.3 Å². The Morgan fingerprint density at radius 1 is 1.10 bits per heavy atom. The molecule has 2 nitrogen and oxygen atoms in total. The fraction of sp³-hybridized carbons (Fsp3) is 0.364. The van der Waals surface area contributed by atoms with E-state index in [2.05, 4.69) is 4.74 Å². The van der Waals surface area contributed by atoms with Crippen molar-refractivity contribution >= 4 is 28.6 Å². The van der Waals surface area contributed by atoms with Crippen LogP contribution < -0.4 is 0 Å². The van der Waals surface area contributed by atoms with E-state index >= 15 is 0 Å². The Morgan fingerprint density at radius 3 is 2.00 bits per heavy atom. The van der Waals surface area contributed by atoms with Gasteiger partial charge in [0.25, 0.3) is 0 Å². The van der Waals surface area contributed by atoms with Crippen LogP contribution >= 0.6 is 22.6 Å². The second kappa shape index (κ2) is 5.78. The van der Waals surface area contributed by atoms with Crippen molar-refractivity contribution in [3.05, 3.63) is 32.4 Å². The van der Waals surface area contributed by atoms with Crippen molar-refractivity contribution in [2.75, 3.05) is 7.11 Å². The summed E-state index contributed by atoms with van der Waals surface area (Å²) in [5.41, 5.74) is -3.26. The number of rotatable bonds is 2. The van der Waals surface area contributed by atoms with Crippen LogP contribution in [0.4, 0.5) is 26.3 Å². The maximum atomic E-state index is 12.8. The topological polar surface area (TPSA) is 26.3 Å². The molecule has 0 heterocycles. The van der Waals surface area contributed by atoms with Crippen molar-refractivity contribution in [2.24, 2.45) is 0 Å². The quantitative estimate of drug-likeness (QED) is 0.417. The monoisotopic (exact) mass is 412 g/mol. The first kappa shape index (κ1) is 17.1. The Bertz CT molecular complexity index is 521. The highest BCUT2D eigenvalue weighted by Crippen LogP contribution is 2.39. The summed E-state index contributed by atoms with van der Waals surface area (Å²) in [5.74, 6) is -1.05. The highest BCUT2D eigenvalue weighted by molar-refractivity contribution is 14.1. The molecule has 0 aromatic heterocycles. The molecule has 0 atom stereocenters. The van der Waals surface area contributed by atoms with E-state index in [4.69, 9.17) is 0 Å². The largest absolute Gasteiger partial charge is 0.469 e. The Kier molecular flexibility index (Phi) is 4.93. The van der Waals surface area contributed by atoms with Gasteiger partial charge in [-0.1, -0.05) is 0 Å². The van der Waals surface area contributed by atoms with Gasteiger partial charge in [-0.2, -0.15) is 26.3 Å². The van der Waals surface area contributed by atoms with E-state index in [1.807, 2.05) is 0 Å². The highest BCUT2D eigenvalue weighted by Gasteiger charge is 2.39. The van der Waals surface area contributed by atoms with Gasteiger partial charge in [0, 0.05) is 3.57 Å². The molecule has 0 radical (unpaired) electrons. The summed E-state index contributed by atoms with van der Waals surface area (Å²) in [6, 6.07) is 0.711. The number of carbonyl (C=O) groups is 1. The standard InChI is InChI=1S/C11H7F6IO2/c1-20-9(19)3-5-2-7(11(15,16)17)8(18)4-6(5)10(12,13)14/h2,4H,3H2,1H3. The van der Waals surface area contributed by atoms with Crippen molar-refractivity contribution in [3.63, 3.8) is 0 Å². The van der Waals surface area contributed by atoms with E-state index in [0.717, 1.165) is 7.11 Å². The lowest BCUT2D eigenvalue weighted by molar-refractivity contribution is -0.144. The van der Waals surface area contributed by atoms with Crippen LogP contribution in [0.3, 0.4) is 0 Å². The number of hydrogen-bond acceptors (Lipinski definition) is 2. The zero-order chi connectivity index (χ0) is 15.7. The van der Waals surface area contributed by atoms with E-state index in [9.17, 15) is 31.1 Å². The zero-order valence-electron chi connectivity index (χ0n) is 9.82. The van der Waals surface area contributed by atoms with E-state index in [1.54, 1.807) is 0 Å². The SMILES string of the molecule is COC(=O)Cc1cc(C(F)(F)F)c(I)cc1C(F)(F)F. The van der Waals surface area contributed by atoms with Gasteiger partial charge in [-0.05, 0) is 40.3 Å². The third-order valence-corrected chi connectivity index (χ3v) is 3.26. The molecule has 112 valence electrons. The molecule has 0 N–H and O–H groups in total. The van der Waals surface area contributed by atoms with Crippen molar-refractivity contribution in [1.29, 1.82) is 0 Å². The normalized spacial score (nSPS) is 12.4. The molecule has 0 bridgehead atoms. The lowest BCUT2D eigenvalue weighted by Gasteiger charge is -2.17. The first-order valence-electron chi connectivity index (χ1n) is 5.00. The Balaban J connectivity index is 3.46. The minimum Gasteiger partial charge on any atom is -0.469 e. The average molecular weight is 412 g/mol. The summed E-state index contributed by atoms with van der Waals surface area (Å²) in [7, 11) is 0.937. The molecule has 0 aliphatic carbocycles. The van der Waals surface area contributed by atoms with Crippen molar-refractivity contribution in [1.82, 2.24) is 0 Å². The summed E-state index contributed by atoms with van der Waals surface area (Å²) in [4.78, 5) is 11.0. The van der Waals surface area contributed by atoms with Crippen LogP contribution in [-0.4, -0.2) is 13.1 Å². The number of halogens is 7. The van der Waals surface area contributed by atoms with Gasteiger partial charge >= 0.3 is 18.3 Å². The van der Waals surface area contributed by atoms with Gasteiger partial charge in [0.05, 0.1) is 24.7 Å². The third kappa shape index (κ3) is 4.00. The van der Waals surface area contributed by atoms with Crippen LogP contribution in [0.25, 0.3) is 0 Å². The molecule has 20 heavy (non-hydrogen) atoms. The number of esters is 1. The van der Waals surface area contributed by atoms with Crippen molar-refractivity contribution in [2.45, 2.75) is 18.8 Å². The second-order valence-electron chi connectivity index (χ2n) is 3.74. The number of benzene rings is 1. The van der Waals surface area contributed by atoms with E-state index < -0.39 is 45.0 Å². The molecule has 0 unspecified atom stereocenters. The number of methoxy groups -OCH3 is 1. The van der Waals surface area contributed by atoms with Crippen molar-refractivity contribution in [3.8, 4) is 0 Å².